The fourth-order valence-corrected chi connectivity index (χ4v) is 5.09. The molecule has 1 saturated heterocycles. The number of piperidine rings is 1. The summed E-state index contributed by atoms with van der Waals surface area (Å²) >= 11 is 0. The van der Waals surface area contributed by atoms with Gasteiger partial charge in [0.1, 0.15) is 5.69 Å². The third kappa shape index (κ3) is 5.09. The molecule has 1 aliphatic carbocycles. The van der Waals surface area contributed by atoms with Crippen LogP contribution in [0.5, 0.6) is 0 Å². The highest BCUT2D eigenvalue weighted by atomic mass is 16.2. The molecule has 11 nitrogen and oxygen atoms in total. The number of aryl methyl sites for hydroxylation is 2. The monoisotopic (exact) mass is 521 g/mol. The number of likely N-dealkylation sites (tertiary alicyclic amines) is 1. The lowest BCUT2D eigenvalue weighted by atomic mass is 10.1. The Hall–Kier alpha value is -3.89. The minimum atomic E-state index is -0.324. The lowest BCUT2D eigenvalue weighted by Gasteiger charge is -2.33. The van der Waals surface area contributed by atoms with Crippen LogP contribution in [0.25, 0.3) is 10.9 Å². The number of benzene rings is 1. The summed E-state index contributed by atoms with van der Waals surface area (Å²) in [5, 5.41) is 10.5. The zero-order chi connectivity index (χ0) is 27.1. The van der Waals surface area contributed by atoms with Gasteiger partial charge in [-0.15, -0.1) is 0 Å². The van der Waals surface area contributed by atoms with Crippen LogP contribution in [0, 0.1) is 12.8 Å². The van der Waals surface area contributed by atoms with Crippen molar-refractivity contribution in [2.75, 3.05) is 18.4 Å². The van der Waals surface area contributed by atoms with Crippen molar-refractivity contribution in [3.63, 3.8) is 0 Å². The molecule has 1 aromatic carbocycles. The van der Waals surface area contributed by atoms with Gasteiger partial charge in [-0.05, 0) is 76.6 Å². The molecule has 0 unspecified atom stereocenters. The van der Waals surface area contributed by atoms with E-state index >= 15 is 0 Å². The van der Waals surface area contributed by atoms with Crippen LogP contribution in [-0.4, -0.2) is 54.9 Å². The van der Waals surface area contributed by atoms with Crippen LogP contribution in [0.4, 0.5) is 10.5 Å². The first-order chi connectivity index (χ1) is 18.1. The SMILES string of the molecule is Cc1cc(C(=O)N[C@@H]2CCCN(C(=O)Nc3ccc4c(c3)c(=O)n(CC3CC3)c(=O)n4C(C)C)C2)nn1C. The minimum Gasteiger partial charge on any atom is -0.346 e. The average molecular weight is 522 g/mol. The van der Waals surface area contributed by atoms with Crippen LogP contribution in [-0.2, 0) is 13.6 Å². The maximum absolute atomic E-state index is 13.3. The predicted octanol–water partition coefficient (Wildman–Crippen LogP) is 2.62. The van der Waals surface area contributed by atoms with Crippen molar-refractivity contribution in [3.8, 4) is 0 Å². The van der Waals surface area contributed by atoms with Crippen molar-refractivity contribution >= 4 is 28.5 Å². The van der Waals surface area contributed by atoms with Crippen molar-refractivity contribution in [2.45, 2.75) is 65.1 Å². The summed E-state index contributed by atoms with van der Waals surface area (Å²) in [5.41, 5.74) is 1.68. The van der Waals surface area contributed by atoms with E-state index in [4.69, 9.17) is 0 Å². The topological polar surface area (TPSA) is 123 Å². The van der Waals surface area contributed by atoms with E-state index in [-0.39, 0.29) is 35.3 Å². The van der Waals surface area contributed by atoms with E-state index < -0.39 is 0 Å². The molecule has 3 aromatic rings. The molecular formula is C27H35N7O4. The molecule has 3 amide bonds. The van der Waals surface area contributed by atoms with Gasteiger partial charge in [0, 0.05) is 50.1 Å². The number of nitrogens with zero attached hydrogens (tertiary/aromatic N) is 5. The highest BCUT2D eigenvalue weighted by Gasteiger charge is 2.27. The third-order valence-electron chi connectivity index (χ3n) is 7.46. The average Bonchev–Trinajstić information content (AvgIpc) is 3.64. The quantitative estimate of drug-likeness (QED) is 0.516. The molecule has 1 saturated carbocycles. The predicted molar refractivity (Wildman–Crippen MR) is 145 cm³/mol. The second-order valence-corrected chi connectivity index (χ2v) is 10.8. The van der Waals surface area contributed by atoms with Gasteiger partial charge in [-0.3, -0.25) is 23.4 Å². The van der Waals surface area contributed by atoms with Crippen LogP contribution in [0.1, 0.15) is 61.8 Å². The van der Waals surface area contributed by atoms with Gasteiger partial charge in [-0.2, -0.15) is 5.10 Å². The Balaban J connectivity index is 1.33. The van der Waals surface area contributed by atoms with E-state index in [1.807, 2.05) is 20.8 Å². The van der Waals surface area contributed by atoms with Crippen LogP contribution in [0.2, 0.25) is 0 Å². The molecule has 5 rings (SSSR count). The van der Waals surface area contributed by atoms with Crippen LogP contribution >= 0.6 is 0 Å². The van der Waals surface area contributed by atoms with Gasteiger partial charge in [0.05, 0.1) is 10.9 Å². The van der Waals surface area contributed by atoms with Crippen LogP contribution in [0.3, 0.4) is 0 Å². The molecule has 2 aromatic heterocycles. The third-order valence-corrected chi connectivity index (χ3v) is 7.46. The maximum Gasteiger partial charge on any atom is 0.331 e. The van der Waals surface area contributed by atoms with Crippen molar-refractivity contribution in [2.24, 2.45) is 13.0 Å². The zero-order valence-corrected chi connectivity index (χ0v) is 22.4. The fraction of sp³-hybridized carbons (Fsp3) is 0.519. The number of fused-ring (bicyclic) bond motifs is 1. The zero-order valence-electron chi connectivity index (χ0n) is 22.4. The lowest BCUT2D eigenvalue weighted by Crippen LogP contribution is -2.50. The first-order valence-corrected chi connectivity index (χ1v) is 13.3. The molecule has 38 heavy (non-hydrogen) atoms. The van der Waals surface area contributed by atoms with Gasteiger partial charge in [-0.1, -0.05) is 0 Å². The number of carbonyl (C=O) groups is 2. The first-order valence-electron chi connectivity index (χ1n) is 13.3. The van der Waals surface area contributed by atoms with E-state index in [1.54, 1.807) is 45.5 Å². The Labute approximate surface area is 220 Å². The van der Waals surface area contributed by atoms with E-state index in [2.05, 4.69) is 15.7 Å². The number of aromatic nitrogens is 4. The van der Waals surface area contributed by atoms with Gasteiger partial charge in [-0.25, -0.2) is 9.59 Å². The van der Waals surface area contributed by atoms with E-state index in [0.29, 0.717) is 47.8 Å². The number of anilines is 1. The fourth-order valence-electron chi connectivity index (χ4n) is 5.09. The van der Waals surface area contributed by atoms with Gasteiger partial charge in [0.25, 0.3) is 11.5 Å². The largest absolute Gasteiger partial charge is 0.346 e. The van der Waals surface area contributed by atoms with E-state index in [9.17, 15) is 19.2 Å². The highest BCUT2D eigenvalue weighted by Crippen LogP contribution is 2.30. The summed E-state index contributed by atoms with van der Waals surface area (Å²) in [6, 6.07) is 6.23. The van der Waals surface area contributed by atoms with Gasteiger partial charge in [0.15, 0.2) is 0 Å². The van der Waals surface area contributed by atoms with E-state index in [1.165, 1.54) is 4.57 Å². The molecule has 1 atom stereocenters. The van der Waals surface area contributed by atoms with Crippen molar-refractivity contribution < 1.29 is 9.59 Å². The van der Waals surface area contributed by atoms with Crippen LogP contribution < -0.4 is 21.9 Å². The Morgan fingerprint density at radius 3 is 2.55 bits per heavy atom. The lowest BCUT2D eigenvalue weighted by molar-refractivity contribution is 0.0907. The van der Waals surface area contributed by atoms with Crippen molar-refractivity contribution in [3.05, 3.63) is 56.5 Å². The van der Waals surface area contributed by atoms with Crippen molar-refractivity contribution in [1.29, 1.82) is 0 Å². The number of carbonyl (C=O) groups excluding carboxylic acids is 2. The number of rotatable bonds is 6. The Morgan fingerprint density at radius 1 is 1.13 bits per heavy atom. The highest BCUT2D eigenvalue weighted by molar-refractivity contribution is 5.94. The minimum absolute atomic E-state index is 0.119. The van der Waals surface area contributed by atoms with Crippen molar-refractivity contribution in [1.82, 2.24) is 29.1 Å². The molecule has 11 heteroatoms. The summed E-state index contributed by atoms with van der Waals surface area (Å²) in [4.78, 5) is 53.8. The Morgan fingerprint density at radius 2 is 1.89 bits per heavy atom. The number of urea groups is 1. The summed E-state index contributed by atoms with van der Waals surface area (Å²) in [5.74, 6) is 0.116. The molecule has 202 valence electrons. The van der Waals surface area contributed by atoms with Crippen LogP contribution in [0.15, 0.2) is 33.9 Å². The maximum atomic E-state index is 13.3. The molecule has 2 fully saturated rings. The summed E-state index contributed by atoms with van der Waals surface area (Å²) < 4.78 is 4.64. The smallest absolute Gasteiger partial charge is 0.331 e. The Kier molecular flexibility index (Phi) is 6.85. The standard InChI is InChI=1S/C27H35N7O4/c1-16(2)34-23-10-9-19(13-21(23)25(36)33(27(34)38)14-18-7-8-18)29-26(37)32-11-5-6-20(15-32)28-24(35)22-12-17(3)31(4)30-22/h9-10,12-13,16,18,20H,5-8,11,14-15H2,1-4H3,(H,28,35)(H,29,37)/t20-/m1/s1. The molecule has 0 spiro atoms. The Bertz CT molecular complexity index is 1490. The molecule has 1 aliphatic heterocycles. The summed E-state index contributed by atoms with van der Waals surface area (Å²) in [7, 11) is 1.79. The van der Waals surface area contributed by atoms with Gasteiger partial charge in [0.2, 0.25) is 0 Å². The molecule has 2 aliphatic rings. The molecule has 0 radical (unpaired) electrons. The normalized spacial score (nSPS) is 17.7. The molecule has 2 N–H and O–H groups in total. The van der Waals surface area contributed by atoms with Gasteiger partial charge >= 0.3 is 11.7 Å². The van der Waals surface area contributed by atoms with Gasteiger partial charge < -0.3 is 15.5 Å². The number of hydrogen-bond donors (Lipinski definition) is 2. The molecule has 3 heterocycles. The number of hydrogen-bond acceptors (Lipinski definition) is 5. The number of amides is 3. The molecular weight excluding hydrogens is 486 g/mol. The first kappa shape index (κ1) is 25.7. The summed E-state index contributed by atoms with van der Waals surface area (Å²) in [6.07, 6.45) is 3.58. The summed E-state index contributed by atoms with van der Waals surface area (Å²) in [6.45, 7) is 7.09. The second-order valence-electron chi connectivity index (χ2n) is 10.8. The number of nitrogens with one attached hydrogen (secondary N) is 2. The second kappa shape index (κ2) is 10.1. The molecule has 0 bridgehead atoms. The van der Waals surface area contributed by atoms with E-state index in [0.717, 1.165) is 31.4 Å².